The largest absolute Gasteiger partial charge is 0.325 e. The molecule has 3 aromatic rings. The lowest BCUT2D eigenvalue weighted by Gasteiger charge is -2.07. The fourth-order valence-corrected chi connectivity index (χ4v) is 2.84. The highest BCUT2D eigenvalue weighted by Gasteiger charge is 2.07. The van der Waals surface area contributed by atoms with Gasteiger partial charge in [0.15, 0.2) is 5.16 Å². The number of tetrazole rings is 1. The Kier molecular flexibility index (Phi) is 4.80. The van der Waals surface area contributed by atoms with Crippen LogP contribution in [-0.4, -0.2) is 41.8 Å². The molecule has 0 fully saturated rings. The van der Waals surface area contributed by atoms with Gasteiger partial charge >= 0.3 is 0 Å². The molecule has 9 heteroatoms. The lowest BCUT2D eigenvalue weighted by atomic mass is 10.3. The highest BCUT2D eigenvalue weighted by molar-refractivity contribution is 7.99. The number of hydrogen-bond acceptors (Lipinski definition) is 7. The molecule has 2 aromatic heterocycles. The van der Waals surface area contributed by atoms with Gasteiger partial charge in [-0.3, -0.25) is 4.79 Å². The molecular weight excluding hydrogens is 326 g/mol. The van der Waals surface area contributed by atoms with E-state index in [0.29, 0.717) is 10.8 Å². The van der Waals surface area contributed by atoms with Crippen LogP contribution in [0.1, 0.15) is 11.4 Å². The van der Waals surface area contributed by atoms with Crippen molar-refractivity contribution in [2.24, 2.45) is 0 Å². The summed E-state index contributed by atoms with van der Waals surface area (Å²) in [5.41, 5.74) is 3.22. The summed E-state index contributed by atoms with van der Waals surface area (Å²) < 4.78 is 1.52. The standard InChI is InChI=1S/C15H15N7OS/c1-10-6-11(2)18-15(17-10)24-8-14(23)19-12-4-3-5-13(7-12)22-9-16-20-21-22/h3-7,9H,8H2,1-2H3,(H,19,23). The van der Waals surface area contributed by atoms with E-state index in [1.54, 1.807) is 6.07 Å². The third-order valence-corrected chi connectivity index (χ3v) is 3.88. The molecule has 1 N–H and O–H groups in total. The highest BCUT2D eigenvalue weighted by Crippen LogP contribution is 2.16. The molecule has 0 aliphatic rings. The van der Waals surface area contributed by atoms with Gasteiger partial charge in [0, 0.05) is 17.1 Å². The molecule has 0 radical (unpaired) electrons. The molecule has 0 aliphatic carbocycles. The van der Waals surface area contributed by atoms with Crippen LogP contribution in [0.4, 0.5) is 5.69 Å². The van der Waals surface area contributed by atoms with Gasteiger partial charge in [0.2, 0.25) is 5.91 Å². The molecule has 8 nitrogen and oxygen atoms in total. The van der Waals surface area contributed by atoms with E-state index in [0.717, 1.165) is 17.1 Å². The molecule has 0 unspecified atom stereocenters. The Morgan fingerprint density at radius 2 is 2.00 bits per heavy atom. The van der Waals surface area contributed by atoms with Gasteiger partial charge in [-0.15, -0.1) is 5.10 Å². The van der Waals surface area contributed by atoms with Crippen LogP contribution < -0.4 is 5.32 Å². The van der Waals surface area contributed by atoms with Crippen molar-refractivity contribution in [3.63, 3.8) is 0 Å². The Hall–Kier alpha value is -2.81. The second-order valence-electron chi connectivity index (χ2n) is 5.07. The summed E-state index contributed by atoms with van der Waals surface area (Å²) in [6.45, 7) is 3.81. The Morgan fingerprint density at radius 3 is 2.71 bits per heavy atom. The van der Waals surface area contributed by atoms with E-state index in [9.17, 15) is 4.79 Å². The Bertz CT molecular complexity index is 831. The molecule has 0 aliphatic heterocycles. The highest BCUT2D eigenvalue weighted by atomic mass is 32.2. The zero-order valence-corrected chi connectivity index (χ0v) is 14.0. The molecule has 1 aromatic carbocycles. The van der Waals surface area contributed by atoms with Gasteiger partial charge in [-0.2, -0.15) is 0 Å². The fourth-order valence-electron chi connectivity index (χ4n) is 2.09. The first kappa shape index (κ1) is 16.1. The number of nitrogens with one attached hydrogen (secondary N) is 1. The quantitative estimate of drug-likeness (QED) is 0.558. The molecule has 0 spiro atoms. The lowest BCUT2D eigenvalue weighted by Crippen LogP contribution is -2.14. The van der Waals surface area contributed by atoms with Crippen LogP contribution in [0.3, 0.4) is 0 Å². The van der Waals surface area contributed by atoms with Crippen LogP contribution in [0.5, 0.6) is 0 Å². The number of hydrogen-bond donors (Lipinski definition) is 1. The van der Waals surface area contributed by atoms with Gasteiger partial charge in [0.1, 0.15) is 6.33 Å². The normalized spacial score (nSPS) is 10.6. The van der Waals surface area contributed by atoms with Crippen molar-refractivity contribution < 1.29 is 4.79 Å². The van der Waals surface area contributed by atoms with Crippen molar-refractivity contribution in [1.29, 1.82) is 0 Å². The van der Waals surface area contributed by atoms with Gasteiger partial charge in [0.25, 0.3) is 0 Å². The van der Waals surface area contributed by atoms with Gasteiger partial charge < -0.3 is 5.32 Å². The van der Waals surface area contributed by atoms with Crippen LogP contribution in [0.15, 0.2) is 41.8 Å². The van der Waals surface area contributed by atoms with E-state index in [2.05, 4.69) is 30.8 Å². The topological polar surface area (TPSA) is 98.5 Å². The first-order valence-corrected chi connectivity index (χ1v) is 8.17. The maximum Gasteiger partial charge on any atom is 0.234 e. The van der Waals surface area contributed by atoms with E-state index < -0.39 is 0 Å². The summed E-state index contributed by atoms with van der Waals surface area (Å²) in [5.74, 6) is 0.106. The summed E-state index contributed by atoms with van der Waals surface area (Å²) in [4.78, 5) is 20.7. The minimum atomic E-state index is -0.128. The number of thioether (sulfide) groups is 1. The minimum Gasteiger partial charge on any atom is -0.325 e. The predicted octanol–water partition coefficient (Wildman–Crippen LogP) is 1.80. The molecule has 24 heavy (non-hydrogen) atoms. The van der Waals surface area contributed by atoms with Gasteiger partial charge in [-0.1, -0.05) is 17.8 Å². The molecule has 0 saturated carbocycles. The molecule has 2 heterocycles. The molecule has 0 atom stereocenters. The lowest BCUT2D eigenvalue weighted by molar-refractivity contribution is -0.113. The van der Waals surface area contributed by atoms with E-state index in [-0.39, 0.29) is 11.7 Å². The monoisotopic (exact) mass is 341 g/mol. The first-order chi connectivity index (χ1) is 11.6. The summed E-state index contributed by atoms with van der Waals surface area (Å²) in [5, 5.41) is 14.5. The Balaban J connectivity index is 1.62. The Labute approximate surface area is 142 Å². The maximum absolute atomic E-state index is 12.1. The van der Waals surface area contributed by atoms with Crippen LogP contribution >= 0.6 is 11.8 Å². The van der Waals surface area contributed by atoms with Crippen LogP contribution in [0.2, 0.25) is 0 Å². The zero-order valence-electron chi connectivity index (χ0n) is 13.2. The van der Waals surface area contributed by atoms with E-state index in [1.165, 1.54) is 22.8 Å². The van der Waals surface area contributed by atoms with Crippen molar-refractivity contribution in [2.75, 3.05) is 11.1 Å². The molecule has 1 amide bonds. The number of anilines is 1. The zero-order chi connectivity index (χ0) is 16.9. The van der Waals surface area contributed by atoms with Gasteiger partial charge in [-0.25, -0.2) is 14.6 Å². The molecule has 0 saturated heterocycles. The summed E-state index contributed by atoms with van der Waals surface area (Å²) in [6, 6.07) is 9.18. The predicted molar refractivity (Wildman–Crippen MR) is 90.0 cm³/mol. The second kappa shape index (κ2) is 7.18. The van der Waals surface area contributed by atoms with Crippen molar-refractivity contribution in [1.82, 2.24) is 30.2 Å². The Morgan fingerprint density at radius 1 is 1.21 bits per heavy atom. The number of carbonyl (C=O) groups is 1. The van der Waals surface area contributed by atoms with Crippen molar-refractivity contribution >= 4 is 23.4 Å². The van der Waals surface area contributed by atoms with Gasteiger partial charge in [0.05, 0.1) is 11.4 Å². The van der Waals surface area contributed by atoms with Crippen molar-refractivity contribution in [2.45, 2.75) is 19.0 Å². The molecule has 0 bridgehead atoms. The number of aryl methyl sites for hydroxylation is 2. The van der Waals surface area contributed by atoms with Crippen molar-refractivity contribution in [3.8, 4) is 5.69 Å². The molecule has 122 valence electrons. The van der Waals surface area contributed by atoms with Crippen molar-refractivity contribution in [3.05, 3.63) is 48.0 Å². The average Bonchev–Trinajstić information content (AvgIpc) is 3.07. The van der Waals surface area contributed by atoms with Crippen LogP contribution in [-0.2, 0) is 4.79 Å². The molecular formula is C15H15N7OS. The fraction of sp³-hybridized carbons (Fsp3) is 0.200. The number of aromatic nitrogens is 6. The molecule has 3 rings (SSSR count). The second-order valence-corrected chi connectivity index (χ2v) is 6.02. The number of rotatable bonds is 5. The van der Waals surface area contributed by atoms with Crippen LogP contribution in [0.25, 0.3) is 5.69 Å². The average molecular weight is 341 g/mol. The first-order valence-electron chi connectivity index (χ1n) is 7.18. The minimum absolute atomic E-state index is 0.128. The maximum atomic E-state index is 12.1. The summed E-state index contributed by atoms with van der Waals surface area (Å²) in [7, 11) is 0. The SMILES string of the molecule is Cc1cc(C)nc(SCC(=O)Nc2cccc(-n3cnnn3)c2)n1. The summed E-state index contributed by atoms with van der Waals surface area (Å²) in [6.07, 6.45) is 1.49. The van der Waals surface area contributed by atoms with E-state index in [1.807, 2.05) is 38.1 Å². The smallest absolute Gasteiger partial charge is 0.234 e. The third kappa shape index (κ3) is 4.13. The van der Waals surface area contributed by atoms with E-state index >= 15 is 0 Å². The number of carbonyl (C=O) groups excluding carboxylic acids is 1. The number of nitrogens with zero attached hydrogens (tertiary/aromatic N) is 6. The third-order valence-electron chi connectivity index (χ3n) is 3.04. The summed E-state index contributed by atoms with van der Waals surface area (Å²) >= 11 is 1.31. The van der Waals surface area contributed by atoms with Gasteiger partial charge in [-0.05, 0) is 48.5 Å². The number of benzene rings is 1. The van der Waals surface area contributed by atoms with E-state index in [4.69, 9.17) is 0 Å². The van der Waals surface area contributed by atoms with Crippen LogP contribution in [0, 0.1) is 13.8 Å². The number of amides is 1.